The summed E-state index contributed by atoms with van der Waals surface area (Å²) >= 11 is 0. The van der Waals surface area contributed by atoms with Crippen LogP contribution in [0.5, 0.6) is 0 Å². The van der Waals surface area contributed by atoms with Crippen LogP contribution in [0.2, 0.25) is 0 Å². The Balaban J connectivity index is 2.49. The van der Waals surface area contributed by atoms with E-state index >= 15 is 0 Å². The SMILES string of the molecule is CC(C)[C@@H](C)NCC[P@@](C)(=O)c1ccccc1. The van der Waals surface area contributed by atoms with E-state index in [1.54, 1.807) is 0 Å². The van der Waals surface area contributed by atoms with Crippen LogP contribution < -0.4 is 10.6 Å². The zero-order valence-corrected chi connectivity index (χ0v) is 12.2. The minimum atomic E-state index is -2.19. The van der Waals surface area contributed by atoms with E-state index in [4.69, 9.17) is 0 Å². The van der Waals surface area contributed by atoms with Gasteiger partial charge in [0, 0.05) is 24.1 Å². The largest absolute Gasteiger partial charge is 0.319 e. The van der Waals surface area contributed by atoms with Crippen molar-refractivity contribution in [3.05, 3.63) is 30.3 Å². The Morgan fingerprint density at radius 3 is 2.29 bits per heavy atom. The van der Waals surface area contributed by atoms with Gasteiger partial charge in [-0.25, -0.2) is 0 Å². The molecular weight excluding hydrogens is 229 g/mol. The van der Waals surface area contributed by atoms with Gasteiger partial charge in [-0.3, -0.25) is 0 Å². The highest BCUT2D eigenvalue weighted by molar-refractivity contribution is 7.70. The maximum Gasteiger partial charge on any atom is 0.113 e. The van der Waals surface area contributed by atoms with E-state index in [1.807, 2.05) is 37.0 Å². The van der Waals surface area contributed by atoms with E-state index in [0.29, 0.717) is 12.0 Å². The molecule has 0 heterocycles. The van der Waals surface area contributed by atoms with Crippen LogP contribution in [0.25, 0.3) is 0 Å². The summed E-state index contributed by atoms with van der Waals surface area (Å²) in [5.41, 5.74) is 0. The van der Waals surface area contributed by atoms with Crippen LogP contribution in [0.4, 0.5) is 0 Å². The lowest BCUT2D eigenvalue weighted by Gasteiger charge is -2.19. The minimum Gasteiger partial charge on any atom is -0.319 e. The molecule has 0 aromatic heterocycles. The zero-order valence-electron chi connectivity index (χ0n) is 11.3. The molecular formula is C14H24NOP. The third-order valence-electron chi connectivity index (χ3n) is 3.31. The first-order valence-electron chi connectivity index (χ1n) is 6.29. The molecule has 0 fully saturated rings. The van der Waals surface area contributed by atoms with Crippen LogP contribution in [0, 0.1) is 5.92 Å². The molecule has 0 amide bonds. The van der Waals surface area contributed by atoms with Crippen molar-refractivity contribution in [2.24, 2.45) is 5.92 Å². The molecule has 0 unspecified atom stereocenters. The molecule has 1 aromatic carbocycles. The normalized spacial score (nSPS) is 16.8. The summed E-state index contributed by atoms with van der Waals surface area (Å²) in [4.78, 5) is 0. The second-order valence-electron chi connectivity index (χ2n) is 5.15. The molecule has 96 valence electrons. The minimum absolute atomic E-state index is 0.478. The number of nitrogens with one attached hydrogen (secondary N) is 1. The van der Waals surface area contributed by atoms with Gasteiger partial charge in [0.25, 0.3) is 0 Å². The first-order valence-corrected chi connectivity index (χ1v) is 8.63. The lowest BCUT2D eigenvalue weighted by molar-refractivity contribution is 0.437. The lowest BCUT2D eigenvalue weighted by Crippen LogP contribution is -2.33. The van der Waals surface area contributed by atoms with Crippen LogP contribution >= 0.6 is 7.14 Å². The average Bonchev–Trinajstić information content (AvgIpc) is 2.29. The van der Waals surface area contributed by atoms with Gasteiger partial charge < -0.3 is 9.88 Å². The third-order valence-corrected chi connectivity index (χ3v) is 5.77. The average molecular weight is 253 g/mol. The molecule has 2 atom stereocenters. The molecule has 1 rings (SSSR count). The van der Waals surface area contributed by atoms with Gasteiger partial charge in [0.05, 0.1) is 0 Å². The summed E-state index contributed by atoms with van der Waals surface area (Å²) in [6.45, 7) is 9.26. The predicted molar refractivity (Wildman–Crippen MR) is 76.8 cm³/mol. The third kappa shape index (κ3) is 4.65. The van der Waals surface area contributed by atoms with Gasteiger partial charge in [-0.1, -0.05) is 44.2 Å². The topological polar surface area (TPSA) is 29.1 Å². The van der Waals surface area contributed by atoms with Crippen molar-refractivity contribution in [2.45, 2.75) is 26.8 Å². The summed E-state index contributed by atoms with van der Waals surface area (Å²) < 4.78 is 12.5. The number of hydrogen-bond donors (Lipinski definition) is 1. The molecule has 2 nitrogen and oxygen atoms in total. The summed E-state index contributed by atoms with van der Waals surface area (Å²) in [5, 5.41) is 4.42. The quantitative estimate of drug-likeness (QED) is 0.790. The fourth-order valence-corrected chi connectivity index (χ4v) is 3.23. The number of rotatable bonds is 6. The summed E-state index contributed by atoms with van der Waals surface area (Å²) in [6, 6.07) is 10.3. The Kier molecular flexibility index (Phi) is 5.42. The van der Waals surface area contributed by atoms with Crippen molar-refractivity contribution in [2.75, 3.05) is 19.4 Å². The molecule has 0 bridgehead atoms. The predicted octanol–water partition coefficient (Wildman–Crippen LogP) is 2.94. The highest BCUT2D eigenvalue weighted by Gasteiger charge is 2.17. The number of hydrogen-bond acceptors (Lipinski definition) is 2. The fourth-order valence-electron chi connectivity index (χ4n) is 1.61. The molecule has 0 spiro atoms. The summed E-state index contributed by atoms with van der Waals surface area (Å²) in [6.07, 6.45) is 0.730. The van der Waals surface area contributed by atoms with E-state index in [-0.39, 0.29) is 0 Å². The standard InChI is InChI=1S/C14H24NOP/c1-12(2)13(3)15-10-11-17(4,16)14-8-6-5-7-9-14/h5-9,12-13,15H,10-11H2,1-4H3/t13-,17-/m1/s1. The maximum atomic E-state index is 12.5. The molecule has 0 aliphatic rings. The Morgan fingerprint density at radius 2 is 1.76 bits per heavy atom. The lowest BCUT2D eigenvalue weighted by atomic mass is 10.1. The molecule has 0 saturated carbocycles. The van der Waals surface area contributed by atoms with Gasteiger partial charge in [-0.15, -0.1) is 0 Å². The Morgan fingerprint density at radius 1 is 1.18 bits per heavy atom. The highest BCUT2D eigenvalue weighted by Crippen LogP contribution is 2.38. The second-order valence-corrected chi connectivity index (χ2v) is 8.31. The van der Waals surface area contributed by atoms with Crippen molar-refractivity contribution in [1.29, 1.82) is 0 Å². The molecule has 1 N–H and O–H groups in total. The number of benzene rings is 1. The first kappa shape index (κ1) is 14.5. The molecule has 17 heavy (non-hydrogen) atoms. The summed E-state index contributed by atoms with van der Waals surface area (Å²) in [5.74, 6) is 0.614. The Bertz CT molecular complexity index is 375. The maximum absolute atomic E-state index is 12.5. The Hall–Kier alpha value is -0.590. The van der Waals surface area contributed by atoms with Crippen molar-refractivity contribution in [3.63, 3.8) is 0 Å². The van der Waals surface area contributed by atoms with E-state index in [2.05, 4.69) is 26.1 Å². The highest BCUT2D eigenvalue weighted by atomic mass is 31.2. The molecule has 0 aliphatic heterocycles. The zero-order chi connectivity index (χ0) is 12.9. The van der Waals surface area contributed by atoms with Gasteiger partial charge in [0.15, 0.2) is 0 Å². The first-order chi connectivity index (χ1) is 7.93. The van der Waals surface area contributed by atoms with Crippen molar-refractivity contribution in [3.8, 4) is 0 Å². The van der Waals surface area contributed by atoms with Crippen molar-refractivity contribution in [1.82, 2.24) is 5.32 Å². The monoisotopic (exact) mass is 253 g/mol. The molecule has 3 heteroatoms. The van der Waals surface area contributed by atoms with Crippen LogP contribution in [-0.2, 0) is 4.57 Å². The molecule has 0 saturated heterocycles. The van der Waals surface area contributed by atoms with Crippen LogP contribution in [0.15, 0.2) is 30.3 Å². The van der Waals surface area contributed by atoms with E-state index in [0.717, 1.165) is 18.0 Å². The van der Waals surface area contributed by atoms with Gasteiger partial charge in [-0.05, 0) is 19.5 Å². The molecule has 0 radical (unpaired) electrons. The van der Waals surface area contributed by atoms with Crippen LogP contribution in [0.1, 0.15) is 20.8 Å². The van der Waals surface area contributed by atoms with Crippen molar-refractivity contribution >= 4 is 12.4 Å². The van der Waals surface area contributed by atoms with E-state index < -0.39 is 7.14 Å². The van der Waals surface area contributed by atoms with Crippen LogP contribution in [0.3, 0.4) is 0 Å². The summed E-state index contributed by atoms with van der Waals surface area (Å²) in [7, 11) is -2.19. The Labute approximate surface area is 105 Å². The molecule has 0 aliphatic carbocycles. The van der Waals surface area contributed by atoms with Gasteiger partial charge >= 0.3 is 0 Å². The molecule has 1 aromatic rings. The van der Waals surface area contributed by atoms with Gasteiger partial charge in [-0.2, -0.15) is 0 Å². The smallest absolute Gasteiger partial charge is 0.113 e. The van der Waals surface area contributed by atoms with Gasteiger partial charge in [0.1, 0.15) is 7.14 Å². The fraction of sp³-hybridized carbons (Fsp3) is 0.571. The van der Waals surface area contributed by atoms with Crippen LogP contribution in [-0.4, -0.2) is 25.4 Å². The van der Waals surface area contributed by atoms with Crippen molar-refractivity contribution < 1.29 is 4.57 Å². The van der Waals surface area contributed by atoms with E-state index in [9.17, 15) is 4.57 Å². The van der Waals surface area contributed by atoms with E-state index in [1.165, 1.54) is 0 Å². The van der Waals surface area contributed by atoms with Gasteiger partial charge in [0.2, 0.25) is 0 Å². The second kappa shape index (κ2) is 6.37.